The first-order chi connectivity index (χ1) is 11.9. The molecule has 2 heterocycles. The Balaban J connectivity index is 1.67. The van der Waals surface area contributed by atoms with Gasteiger partial charge in [0.1, 0.15) is 0 Å². The van der Waals surface area contributed by atoms with Crippen molar-refractivity contribution in [2.45, 2.75) is 30.2 Å². The first kappa shape index (κ1) is 17.7. The first-order valence-electron chi connectivity index (χ1n) is 8.46. The van der Waals surface area contributed by atoms with Crippen molar-refractivity contribution in [2.75, 3.05) is 18.8 Å². The number of sulfone groups is 1. The van der Waals surface area contributed by atoms with E-state index in [1.54, 1.807) is 29.2 Å². The summed E-state index contributed by atoms with van der Waals surface area (Å²) in [5, 5.41) is 3.01. The molecule has 7 heteroatoms. The normalized spacial score (nSPS) is 22.7. The van der Waals surface area contributed by atoms with Gasteiger partial charge in [-0.1, -0.05) is 24.8 Å². The van der Waals surface area contributed by atoms with Crippen molar-refractivity contribution in [3.8, 4) is 0 Å². The lowest BCUT2D eigenvalue weighted by Gasteiger charge is -2.32. The van der Waals surface area contributed by atoms with Gasteiger partial charge in [0, 0.05) is 19.0 Å². The number of rotatable bonds is 3. The highest BCUT2D eigenvalue weighted by Crippen LogP contribution is 2.32. The molecule has 25 heavy (non-hydrogen) atoms. The summed E-state index contributed by atoms with van der Waals surface area (Å²) in [6.07, 6.45) is 2.90. The van der Waals surface area contributed by atoms with E-state index < -0.39 is 9.84 Å². The molecular weight excluding hydrogens is 340 g/mol. The Morgan fingerprint density at radius 2 is 1.84 bits per heavy atom. The Morgan fingerprint density at radius 1 is 1.16 bits per heavy atom. The lowest BCUT2D eigenvalue weighted by Crippen LogP contribution is -2.44. The molecule has 2 aliphatic rings. The molecule has 1 fully saturated rings. The third kappa shape index (κ3) is 3.61. The minimum absolute atomic E-state index is 0.0429. The molecule has 6 nitrogen and oxygen atoms in total. The summed E-state index contributed by atoms with van der Waals surface area (Å²) in [7, 11) is -3.26. The summed E-state index contributed by atoms with van der Waals surface area (Å²) in [6.45, 7) is 4.56. The van der Waals surface area contributed by atoms with Crippen LogP contribution in [0.5, 0.6) is 0 Å². The van der Waals surface area contributed by atoms with E-state index in [9.17, 15) is 18.0 Å². The molecule has 1 N–H and O–H groups in total. The van der Waals surface area contributed by atoms with Gasteiger partial charge in [0.15, 0.2) is 9.84 Å². The van der Waals surface area contributed by atoms with Gasteiger partial charge < -0.3 is 10.2 Å². The van der Waals surface area contributed by atoms with Gasteiger partial charge in [-0.2, -0.15) is 0 Å². The van der Waals surface area contributed by atoms with E-state index in [2.05, 4.69) is 11.9 Å². The Kier molecular flexibility index (Phi) is 4.94. The number of benzene rings is 1. The van der Waals surface area contributed by atoms with E-state index in [-0.39, 0.29) is 29.5 Å². The minimum Gasteiger partial charge on any atom is -0.349 e. The monoisotopic (exact) mass is 362 g/mol. The minimum atomic E-state index is -3.26. The van der Waals surface area contributed by atoms with E-state index >= 15 is 0 Å². The van der Waals surface area contributed by atoms with Gasteiger partial charge in [0.2, 0.25) is 11.8 Å². The maximum atomic E-state index is 12.6. The van der Waals surface area contributed by atoms with Crippen molar-refractivity contribution in [3.63, 3.8) is 0 Å². The Bertz CT molecular complexity index is 795. The smallest absolute Gasteiger partial charge is 0.245 e. The average Bonchev–Trinajstić information content (AvgIpc) is 2.63. The van der Waals surface area contributed by atoms with Crippen molar-refractivity contribution in [3.05, 3.63) is 42.5 Å². The Morgan fingerprint density at radius 3 is 2.52 bits per heavy atom. The summed E-state index contributed by atoms with van der Waals surface area (Å²) < 4.78 is 24.4. The van der Waals surface area contributed by atoms with Gasteiger partial charge in [0.25, 0.3) is 0 Å². The molecule has 1 aromatic rings. The highest BCUT2D eigenvalue weighted by molar-refractivity contribution is 7.91. The molecule has 1 saturated heterocycles. The Hall–Kier alpha value is -2.15. The van der Waals surface area contributed by atoms with Crippen LogP contribution in [0.15, 0.2) is 41.8 Å². The van der Waals surface area contributed by atoms with Crippen molar-refractivity contribution < 1.29 is 18.0 Å². The van der Waals surface area contributed by atoms with E-state index in [1.807, 2.05) is 0 Å². The first-order valence-corrected chi connectivity index (χ1v) is 10.1. The molecule has 2 aliphatic heterocycles. The second-order valence-electron chi connectivity index (χ2n) is 6.51. The lowest BCUT2D eigenvalue weighted by atomic mass is 9.94. The maximum Gasteiger partial charge on any atom is 0.245 e. The van der Waals surface area contributed by atoms with E-state index in [0.717, 1.165) is 0 Å². The van der Waals surface area contributed by atoms with Crippen LogP contribution in [0.25, 0.3) is 0 Å². The molecule has 2 amide bonds. The van der Waals surface area contributed by atoms with Gasteiger partial charge in [-0.05, 0) is 37.0 Å². The summed E-state index contributed by atoms with van der Waals surface area (Å²) in [4.78, 5) is 26.2. The fraction of sp³-hybridized carbons (Fsp3) is 0.444. The number of hydrogen-bond donors (Lipinski definition) is 1. The van der Waals surface area contributed by atoms with E-state index in [4.69, 9.17) is 0 Å². The summed E-state index contributed by atoms with van der Waals surface area (Å²) in [5.74, 6) is -0.282. The summed E-state index contributed by atoms with van der Waals surface area (Å²) in [5.41, 5.74) is 0.668. The third-order valence-electron chi connectivity index (χ3n) is 4.97. The van der Waals surface area contributed by atoms with Gasteiger partial charge >= 0.3 is 0 Å². The molecule has 1 atom stereocenters. The molecule has 134 valence electrons. The van der Waals surface area contributed by atoms with Crippen LogP contribution in [0, 0.1) is 5.92 Å². The number of piperidine rings is 1. The van der Waals surface area contributed by atoms with Gasteiger partial charge in [0.05, 0.1) is 16.7 Å². The molecule has 1 unspecified atom stereocenters. The number of nitrogens with zero attached hydrogens (tertiary/aromatic N) is 1. The molecule has 0 aromatic heterocycles. The second-order valence-corrected chi connectivity index (χ2v) is 8.59. The predicted molar refractivity (Wildman–Crippen MR) is 93.5 cm³/mol. The fourth-order valence-electron chi connectivity index (χ4n) is 3.52. The van der Waals surface area contributed by atoms with Gasteiger partial charge in [-0.25, -0.2) is 8.42 Å². The van der Waals surface area contributed by atoms with Crippen LogP contribution in [0.3, 0.4) is 0 Å². The number of likely N-dealkylation sites (tertiary alicyclic amines) is 1. The average molecular weight is 362 g/mol. The Labute approximate surface area is 147 Å². The topological polar surface area (TPSA) is 83.6 Å². The van der Waals surface area contributed by atoms with Crippen molar-refractivity contribution in [1.82, 2.24) is 10.2 Å². The molecule has 0 spiro atoms. The lowest BCUT2D eigenvalue weighted by molar-refractivity contribution is -0.132. The number of fused-ring (bicyclic) bond motifs is 1. The predicted octanol–water partition coefficient (Wildman–Crippen LogP) is 1.45. The van der Waals surface area contributed by atoms with Crippen LogP contribution < -0.4 is 5.32 Å². The molecule has 0 radical (unpaired) electrons. The fourth-order valence-corrected chi connectivity index (χ4v) is 5.14. The number of carbonyl (C=O) groups is 2. The van der Waals surface area contributed by atoms with Crippen LogP contribution in [0.4, 0.5) is 0 Å². The SMILES string of the molecule is C=CC(=O)N1CCC(C(=O)NC2CCS(=O)(=O)c3ccccc32)CC1. The third-order valence-corrected chi connectivity index (χ3v) is 6.79. The van der Waals surface area contributed by atoms with Gasteiger partial charge in [-0.3, -0.25) is 9.59 Å². The van der Waals surface area contributed by atoms with Crippen LogP contribution in [-0.4, -0.2) is 44.0 Å². The molecule has 0 bridgehead atoms. The number of carbonyl (C=O) groups excluding carboxylic acids is 2. The number of hydrogen-bond acceptors (Lipinski definition) is 4. The van der Waals surface area contributed by atoms with Crippen LogP contribution >= 0.6 is 0 Å². The molecule has 3 rings (SSSR count). The number of nitrogens with one attached hydrogen (secondary N) is 1. The largest absolute Gasteiger partial charge is 0.349 e. The maximum absolute atomic E-state index is 12.6. The summed E-state index contributed by atoms with van der Waals surface area (Å²) >= 11 is 0. The van der Waals surface area contributed by atoms with Crippen molar-refractivity contribution in [1.29, 1.82) is 0 Å². The zero-order valence-electron chi connectivity index (χ0n) is 14.0. The van der Waals surface area contributed by atoms with Crippen LogP contribution in [-0.2, 0) is 19.4 Å². The molecule has 0 aliphatic carbocycles. The molecule has 1 aromatic carbocycles. The highest BCUT2D eigenvalue weighted by atomic mass is 32.2. The van der Waals surface area contributed by atoms with E-state index in [1.165, 1.54) is 6.08 Å². The van der Waals surface area contributed by atoms with Crippen molar-refractivity contribution >= 4 is 21.7 Å². The molecule has 0 saturated carbocycles. The second kappa shape index (κ2) is 7.00. The van der Waals surface area contributed by atoms with E-state index in [0.29, 0.717) is 42.8 Å². The zero-order valence-corrected chi connectivity index (χ0v) is 14.8. The zero-order chi connectivity index (χ0) is 18.0. The summed E-state index contributed by atoms with van der Waals surface area (Å²) in [6, 6.07) is 6.58. The van der Waals surface area contributed by atoms with Crippen LogP contribution in [0.1, 0.15) is 30.9 Å². The standard InChI is InChI=1S/C18H22N2O4S/c1-2-17(21)20-10-7-13(8-11-20)18(22)19-15-9-12-25(23,24)16-6-4-3-5-14(15)16/h2-6,13,15H,1,7-12H2,(H,19,22). The number of amides is 2. The quantitative estimate of drug-likeness (QED) is 0.825. The highest BCUT2D eigenvalue weighted by Gasteiger charge is 2.33. The van der Waals surface area contributed by atoms with Crippen molar-refractivity contribution in [2.24, 2.45) is 5.92 Å². The van der Waals surface area contributed by atoms with Gasteiger partial charge in [-0.15, -0.1) is 0 Å². The molecular formula is C18H22N2O4S. The van der Waals surface area contributed by atoms with Crippen LogP contribution in [0.2, 0.25) is 0 Å².